The van der Waals surface area contributed by atoms with Crippen LogP contribution in [0.3, 0.4) is 0 Å². The standard InChI is InChI=1S/C25H30Cl3N5/c1-4-33(5-2)12-6-7-16(3)30-25-20-15-18(29)8-10-23(20)31-24(32-25)11-9-19-21(27)13-17(26)14-22(19)28/h8-11,13-16H,4-7,12,29H2,1-3H3,(H,30,31,32)/b11-9+/t16-/m0/s1. The fraction of sp³-hybridized carbons (Fsp3) is 0.360. The average Bonchev–Trinajstić information content (AvgIpc) is 2.76. The van der Waals surface area contributed by atoms with Crippen LogP contribution in [0.25, 0.3) is 23.1 Å². The normalized spacial score (nSPS) is 12.7. The predicted octanol–water partition coefficient (Wildman–Crippen LogP) is 7.27. The Morgan fingerprint density at radius 1 is 1.03 bits per heavy atom. The van der Waals surface area contributed by atoms with Gasteiger partial charge in [0.15, 0.2) is 5.82 Å². The Bertz CT molecular complexity index is 1110. The van der Waals surface area contributed by atoms with E-state index in [0.717, 1.165) is 49.2 Å². The number of nitrogen functional groups attached to an aromatic ring is 1. The topological polar surface area (TPSA) is 67.1 Å². The molecule has 8 heteroatoms. The van der Waals surface area contributed by atoms with Crippen molar-refractivity contribution in [3.05, 3.63) is 56.8 Å². The van der Waals surface area contributed by atoms with E-state index in [-0.39, 0.29) is 6.04 Å². The minimum Gasteiger partial charge on any atom is -0.399 e. The lowest BCUT2D eigenvalue weighted by Gasteiger charge is -2.20. The van der Waals surface area contributed by atoms with Gasteiger partial charge in [-0.15, -0.1) is 0 Å². The van der Waals surface area contributed by atoms with E-state index in [2.05, 4.69) is 36.0 Å². The monoisotopic (exact) mass is 505 g/mol. The van der Waals surface area contributed by atoms with E-state index in [0.29, 0.717) is 32.1 Å². The van der Waals surface area contributed by atoms with E-state index in [1.54, 1.807) is 24.3 Å². The van der Waals surface area contributed by atoms with E-state index < -0.39 is 0 Å². The fourth-order valence-corrected chi connectivity index (χ4v) is 4.63. The predicted molar refractivity (Wildman–Crippen MR) is 144 cm³/mol. The number of nitrogens with two attached hydrogens (primary N) is 1. The van der Waals surface area contributed by atoms with Crippen molar-refractivity contribution in [2.45, 2.75) is 39.7 Å². The third-order valence-electron chi connectivity index (χ3n) is 5.57. The number of nitrogens with zero attached hydrogens (tertiary/aromatic N) is 3. The molecule has 0 fully saturated rings. The minimum absolute atomic E-state index is 0.247. The van der Waals surface area contributed by atoms with Crippen molar-refractivity contribution in [1.29, 1.82) is 0 Å². The number of aromatic nitrogens is 2. The Morgan fingerprint density at radius 2 is 1.73 bits per heavy atom. The summed E-state index contributed by atoms with van der Waals surface area (Å²) in [4.78, 5) is 11.9. The molecule has 0 aliphatic carbocycles. The molecule has 3 aromatic rings. The number of halogens is 3. The molecule has 0 unspecified atom stereocenters. The molecule has 5 nitrogen and oxygen atoms in total. The third-order valence-corrected chi connectivity index (χ3v) is 6.41. The number of rotatable bonds is 10. The summed E-state index contributed by atoms with van der Waals surface area (Å²) in [6.45, 7) is 9.80. The van der Waals surface area contributed by atoms with E-state index in [1.165, 1.54) is 0 Å². The average molecular weight is 507 g/mol. The second kappa shape index (κ2) is 11.9. The first-order valence-electron chi connectivity index (χ1n) is 11.2. The van der Waals surface area contributed by atoms with Crippen LogP contribution in [0.5, 0.6) is 0 Å². The van der Waals surface area contributed by atoms with Gasteiger partial charge >= 0.3 is 0 Å². The van der Waals surface area contributed by atoms with Crippen molar-refractivity contribution in [2.24, 2.45) is 0 Å². The Hall–Kier alpha value is -2.05. The van der Waals surface area contributed by atoms with Gasteiger partial charge in [-0.2, -0.15) is 0 Å². The second-order valence-corrected chi connectivity index (χ2v) is 9.29. The highest BCUT2D eigenvalue weighted by atomic mass is 35.5. The van der Waals surface area contributed by atoms with Crippen LogP contribution in [0.4, 0.5) is 11.5 Å². The molecule has 0 saturated heterocycles. The fourth-order valence-electron chi connectivity index (χ4n) is 3.69. The molecule has 0 bridgehead atoms. The molecule has 0 amide bonds. The highest BCUT2D eigenvalue weighted by molar-refractivity contribution is 6.40. The number of anilines is 2. The molecule has 3 rings (SSSR count). The lowest BCUT2D eigenvalue weighted by Crippen LogP contribution is -2.25. The van der Waals surface area contributed by atoms with Crippen LogP contribution in [-0.2, 0) is 0 Å². The van der Waals surface area contributed by atoms with Gasteiger partial charge in [0.25, 0.3) is 0 Å². The first-order valence-corrected chi connectivity index (χ1v) is 12.3. The Kier molecular flexibility index (Phi) is 9.21. The van der Waals surface area contributed by atoms with Crippen LogP contribution >= 0.6 is 34.8 Å². The molecule has 0 spiro atoms. The number of fused-ring (bicyclic) bond motifs is 1. The van der Waals surface area contributed by atoms with Crippen molar-refractivity contribution in [3.8, 4) is 0 Å². The summed E-state index contributed by atoms with van der Waals surface area (Å²) >= 11 is 18.6. The van der Waals surface area contributed by atoms with Gasteiger partial charge in [-0.25, -0.2) is 9.97 Å². The number of hydrogen-bond donors (Lipinski definition) is 2. The number of hydrogen-bond acceptors (Lipinski definition) is 5. The van der Waals surface area contributed by atoms with Gasteiger partial charge in [0, 0.05) is 27.7 Å². The molecular weight excluding hydrogens is 477 g/mol. The van der Waals surface area contributed by atoms with Gasteiger partial charge in [0.05, 0.1) is 15.6 Å². The van der Waals surface area contributed by atoms with E-state index in [4.69, 9.17) is 45.5 Å². The van der Waals surface area contributed by atoms with E-state index in [1.807, 2.05) is 18.2 Å². The maximum atomic E-state index is 6.31. The second-order valence-electron chi connectivity index (χ2n) is 8.04. The van der Waals surface area contributed by atoms with Gasteiger partial charge in [-0.3, -0.25) is 0 Å². The molecular formula is C25H30Cl3N5. The van der Waals surface area contributed by atoms with E-state index in [9.17, 15) is 0 Å². The zero-order valence-electron chi connectivity index (χ0n) is 19.2. The molecule has 0 aliphatic rings. The zero-order valence-corrected chi connectivity index (χ0v) is 21.5. The van der Waals surface area contributed by atoms with Crippen LogP contribution in [0.1, 0.15) is 45.0 Å². The van der Waals surface area contributed by atoms with Crippen molar-refractivity contribution in [3.63, 3.8) is 0 Å². The van der Waals surface area contributed by atoms with Gasteiger partial charge in [-0.05, 0) is 81.9 Å². The number of benzene rings is 2. The third kappa shape index (κ3) is 6.97. The summed E-state index contributed by atoms with van der Waals surface area (Å²) < 4.78 is 0. The van der Waals surface area contributed by atoms with E-state index >= 15 is 0 Å². The first kappa shape index (κ1) is 25.6. The molecule has 1 heterocycles. The van der Waals surface area contributed by atoms with Crippen LogP contribution in [0.15, 0.2) is 30.3 Å². The highest BCUT2D eigenvalue weighted by Crippen LogP contribution is 2.31. The lowest BCUT2D eigenvalue weighted by atomic mass is 10.1. The molecule has 0 radical (unpaired) electrons. The van der Waals surface area contributed by atoms with Crippen molar-refractivity contribution in [2.75, 3.05) is 30.7 Å². The first-order chi connectivity index (χ1) is 15.8. The number of nitrogens with one attached hydrogen (secondary N) is 1. The van der Waals surface area contributed by atoms with Gasteiger partial charge in [0.1, 0.15) is 5.82 Å². The molecule has 2 aromatic carbocycles. The molecule has 1 aromatic heterocycles. The summed E-state index contributed by atoms with van der Waals surface area (Å²) in [6.07, 6.45) is 5.75. The zero-order chi connectivity index (χ0) is 24.0. The van der Waals surface area contributed by atoms with Crippen molar-refractivity contribution >= 4 is 69.4 Å². The van der Waals surface area contributed by atoms with Crippen LogP contribution in [0.2, 0.25) is 15.1 Å². The van der Waals surface area contributed by atoms with Gasteiger partial charge in [-0.1, -0.05) is 48.7 Å². The molecule has 3 N–H and O–H groups in total. The van der Waals surface area contributed by atoms with Crippen LogP contribution in [-0.4, -0.2) is 40.5 Å². The summed E-state index contributed by atoms with van der Waals surface area (Å²) in [6, 6.07) is 9.21. The molecule has 176 valence electrons. The van der Waals surface area contributed by atoms with Gasteiger partial charge < -0.3 is 16.0 Å². The molecule has 0 aliphatic heterocycles. The Labute approximate surface area is 210 Å². The summed E-state index contributed by atoms with van der Waals surface area (Å²) in [5.74, 6) is 1.31. The molecule has 33 heavy (non-hydrogen) atoms. The van der Waals surface area contributed by atoms with Crippen molar-refractivity contribution < 1.29 is 0 Å². The SMILES string of the molecule is CCN(CC)CCC[C@H](C)Nc1nc(/C=C/c2c(Cl)cc(Cl)cc2Cl)nc2ccc(N)cc12. The Balaban J connectivity index is 1.86. The van der Waals surface area contributed by atoms with Crippen LogP contribution < -0.4 is 11.1 Å². The van der Waals surface area contributed by atoms with Gasteiger partial charge in [0.2, 0.25) is 0 Å². The molecule has 1 atom stereocenters. The largest absolute Gasteiger partial charge is 0.399 e. The molecule has 0 saturated carbocycles. The summed E-state index contributed by atoms with van der Waals surface area (Å²) in [5.41, 5.74) is 8.20. The van der Waals surface area contributed by atoms with Crippen molar-refractivity contribution in [1.82, 2.24) is 14.9 Å². The Morgan fingerprint density at radius 3 is 2.39 bits per heavy atom. The maximum absolute atomic E-state index is 6.31. The lowest BCUT2D eigenvalue weighted by molar-refractivity contribution is 0.295. The highest BCUT2D eigenvalue weighted by Gasteiger charge is 2.12. The van der Waals surface area contributed by atoms with Crippen LogP contribution in [0, 0.1) is 0 Å². The smallest absolute Gasteiger partial charge is 0.154 e. The maximum Gasteiger partial charge on any atom is 0.154 e. The summed E-state index contributed by atoms with van der Waals surface area (Å²) in [7, 11) is 0. The summed E-state index contributed by atoms with van der Waals surface area (Å²) in [5, 5.41) is 5.88. The minimum atomic E-state index is 0.247. The quantitative estimate of drug-likeness (QED) is 0.283.